The van der Waals surface area contributed by atoms with Crippen molar-refractivity contribution in [3.05, 3.63) is 62.9 Å². The fraction of sp³-hybridized carbons (Fsp3) is 0.414. The number of benzene rings is 1. The van der Waals surface area contributed by atoms with Crippen molar-refractivity contribution in [1.82, 2.24) is 9.46 Å². The van der Waals surface area contributed by atoms with E-state index in [2.05, 4.69) is 10.5 Å². The molecule has 1 amide bonds. The lowest BCUT2D eigenvalue weighted by atomic mass is 9.95. The van der Waals surface area contributed by atoms with Gasteiger partial charge >= 0.3 is 5.97 Å². The van der Waals surface area contributed by atoms with Crippen molar-refractivity contribution in [2.75, 3.05) is 25.5 Å². The number of anilines is 1. The summed E-state index contributed by atoms with van der Waals surface area (Å²) in [6, 6.07) is 7.84. The van der Waals surface area contributed by atoms with E-state index in [9.17, 15) is 18.0 Å². The zero-order valence-electron chi connectivity index (χ0n) is 22.9. The van der Waals surface area contributed by atoms with Gasteiger partial charge < -0.3 is 14.6 Å². The Balaban J connectivity index is 1.27. The lowest BCUT2D eigenvalue weighted by molar-refractivity contribution is -0.120. The number of thiophene rings is 1. The number of carbonyl (C=O) groups is 2. The zero-order chi connectivity index (χ0) is 28.4. The summed E-state index contributed by atoms with van der Waals surface area (Å²) in [6.07, 6.45) is 7.89. The predicted octanol–water partition coefficient (Wildman–Crippen LogP) is 5.23. The number of hydrogen-bond acceptors (Lipinski definition) is 8. The molecule has 2 aromatic heterocycles. The van der Waals surface area contributed by atoms with E-state index in [1.807, 2.05) is 31.2 Å². The lowest BCUT2D eigenvalue weighted by Crippen LogP contribution is -2.41. The molecule has 1 fully saturated rings. The van der Waals surface area contributed by atoms with E-state index in [-0.39, 0.29) is 35.6 Å². The van der Waals surface area contributed by atoms with Crippen LogP contribution in [0.25, 0.3) is 12.2 Å². The number of esters is 1. The Morgan fingerprint density at radius 1 is 1.10 bits per heavy atom. The maximum absolute atomic E-state index is 13.6. The second-order valence-corrected chi connectivity index (χ2v) is 13.3. The highest BCUT2D eigenvalue weighted by Crippen LogP contribution is 2.39. The number of rotatable bonds is 7. The van der Waals surface area contributed by atoms with Crippen LogP contribution < -0.4 is 5.32 Å². The Morgan fingerprint density at radius 2 is 1.80 bits per heavy atom. The third-order valence-corrected chi connectivity index (χ3v) is 10.8. The standard InChI is InChI=1S/C29H33N3O6S2/c1-18-8-10-20(11-9-18)12-13-23-26(19(2)31-38-23)40(35,36)32-16-14-21(15-17-32)27(33)30-28-25(29(34)37-3)22-6-4-5-7-24(22)39-28/h8-13,21H,4-7,14-17H2,1-3H3,(H,30,33). The van der Waals surface area contributed by atoms with Crippen LogP contribution in [0.5, 0.6) is 0 Å². The minimum Gasteiger partial charge on any atom is -0.465 e. The van der Waals surface area contributed by atoms with Crippen LogP contribution in [0.2, 0.25) is 0 Å². The number of hydrogen-bond donors (Lipinski definition) is 1. The van der Waals surface area contributed by atoms with Crippen molar-refractivity contribution < 1.29 is 27.3 Å². The minimum absolute atomic E-state index is 0.0469. The van der Waals surface area contributed by atoms with Gasteiger partial charge in [0.25, 0.3) is 0 Å². The smallest absolute Gasteiger partial charge is 0.341 e. The summed E-state index contributed by atoms with van der Waals surface area (Å²) in [7, 11) is -2.54. The molecule has 0 atom stereocenters. The van der Waals surface area contributed by atoms with Crippen LogP contribution in [-0.4, -0.2) is 50.0 Å². The first-order valence-electron chi connectivity index (χ1n) is 13.4. The van der Waals surface area contributed by atoms with Crippen LogP contribution in [0, 0.1) is 19.8 Å². The number of aromatic nitrogens is 1. The third-order valence-electron chi connectivity index (χ3n) is 7.56. The summed E-state index contributed by atoms with van der Waals surface area (Å²) in [5.74, 6) is -0.842. The number of nitrogens with zero attached hydrogens (tertiary/aromatic N) is 2. The average Bonchev–Trinajstić information content (AvgIpc) is 3.52. The Morgan fingerprint density at radius 3 is 2.50 bits per heavy atom. The van der Waals surface area contributed by atoms with Gasteiger partial charge in [-0.15, -0.1) is 11.3 Å². The summed E-state index contributed by atoms with van der Waals surface area (Å²) in [5, 5.41) is 7.41. The number of carbonyl (C=O) groups excluding carboxylic acids is 2. The number of aryl methyl sites for hydroxylation is 3. The molecule has 2 aliphatic rings. The van der Waals surface area contributed by atoms with E-state index < -0.39 is 16.0 Å². The normalized spacial score (nSPS) is 16.7. The quantitative estimate of drug-likeness (QED) is 0.379. The molecule has 9 nitrogen and oxygen atoms in total. The highest BCUT2D eigenvalue weighted by molar-refractivity contribution is 7.89. The molecule has 1 N–H and O–H groups in total. The average molecular weight is 584 g/mol. The van der Waals surface area contributed by atoms with Crippen LogP contribution in [0.3, 0.4) is 0 Å². The van der Waals surface area contributed by atoms with E-state index in [4.69, 9.17) is 9.26 Å². The minimum atomic E-state index is -3.89. The second-order valence-electron chi connectivity index (χ2n) is 10.3. The fourth-order valence-corrected chi connectivity index (χ4v) is 8.32. The van der Waals surface area contributed by atoms with Gasteiger partial charge in [0.1, 0.15) is 10.7 Å². The highest BCUT2D eigenvalue weighted by atomic mass is 32.2. The first kappa shape index (κ1) is 28.3. The van der Waals surface area contributed by atoms with Crippen molar-refractivity contribution >= 4 is 50.4 Å². The number of amides is 1. The van der Waals surface area contributed by atoms with Crippen LogP contribution in [0.1, 0.15) is 69.1 Å². The maximum atomic E-state index is 13.6. The van der Waals surface area contributed by atoms with E-state index in [1.165, 1.54) is 22.8 Å². The van der Waals surface area contributed by atoms with Gasteiger partial charge in [0.15, 0.2) is 10.7 Å². The highest BCUT2D eigenvalue weighted by Gasteiger charge is 2.36. The molecule has 0 saturated carbocycles. The van der Waals surface area contributed by atoms with Crippen LogP contribution in [-0.2, 0) is 32.4 Å². The zero-order valence-corrected chi connectivity index (χ0v) is 24.5. The molecule has 3 heterocycles. The van der Waals surface area contributed by atoms with Gasteiger partial charge in [-0.1, -0.05) is 41.1 Å². The molecule has 1 aliphatic heterocycles. The second kappa shape index (κ2) is 11.7. The summed E-state index contributed by atoms with van der Waals surface area (Å²) < 4.78 is 39.0. The van der Waals surface area contributed by atoms with Crippen molar-refractivity contribution in [3.63, 3.8) is 0 Å². The summed E-state index contributed by atoms with van der Waals surface area (Å²) in [6.45, 7) is 3.99. The van der Waals surface area contributed by atoms with Crippen LogP contribution in [0.15, 0.2) is 33.7 Å². The number of fused-ring (bicyclic) bond motifs is 1. The van der Waals surface area contributed by atoms with Gasteiger partial charge in [0.2, 0.25) is 15.9 Å². The Labute approximate surface area is 238 Å². The molecule has 1 aromatic carbocycles. The third kappa shape index (κ3) is 5.63. The van der Waals surface area contributed by atoms with Crippen molar-refractivity contribution in [2.24, 2.45) is 5.92 Å². The summed E-state index contributed by atoms with van der Waals surface area (Å²) in [5.41, 5.74) is 3.78. The Kier molecular flexibility index (Phi) is 8.25. The first-order valence-corrected chi connectivity index (χ1v) is 15.7. The fourth-order valence-electron chi connectivity index (χ4n) is 5.32. The Hall–Kier alpha value is -3.28. The van der Waals surface area contributed by atoms with Crippen molar-refractivity contribution in [1.29, 1.82) is 0 Å². The SMILES string of the molecule is COC(=O)c1c(NC(=O)C2CCN(S(=O)(=O)c3c(C)noc3C=Cc3ccc(C)cc3)CC2)sc2c1CCCC2. The molecule has 5 rings (SSSR count). The van der Waals surface area contributed by atoms with E-state index in [0.717, 1.165) is 47.3 Å². The van der Waals surface area contributed by atoms with Crippen LogP contribution in [0.4, 0.5) is 5.00 Å². The van der Waals surface area contributed by atoms with E-state index >= 15 is 0 Å². The van der Waals surface area contributed by atoms with Crippen molar-refractivity contribution in [3.8, 4) is 0 Å². The van der Waals surface area contributed by atoms with Crippen molar-refractivity contribution in [2.45, 2.75) is 57.3 Å². The molecule has 3 aromatic rings. The molecule has 0 unspecified atom stereocenters. The maximum Gasteiger partial charge on any atom is 0.341 e. The molecule has 0 bridgehead atoms. The number of piperidine rings is 1. The summed E-state index contributed by atoms with van der Waals surface area (Å²) >= 11 is 1.44. The van der Waals surface area contributed by atoms with Gasteiger partial charge in [-0.3, -0.25) is 4.79 Å². The lowest BCUT2D eigenvalue weighted by Gasteiger charge is -2.30. The largest absolute Gasteiger partial charge is 0.465 e. The van der Waals surface area contributed by atoms with Gasteiger partial charge in [-0.05, 0) is 69.6 Å². The summed E-state index contributed by atoms with van der Waals surface area (Å²) in [4.78, 5) is 26.9. The molecule has 40 heavy (non-hydrogen) atoms. The molecule has 11 heteroatoms. The Bertz CT molecular complexity index is 1540. The topological polar surface area (TPSA) is 119 Å². The molecule has 212 valence electrons. The molecular formula is C29H33N3O6S2. The predicted molar refractivity (Wildman–Crippen MR) is 154 cm³/mol. The van der Waals surface area contributed by atoms with E-state index in [0.29, 0.717) is 29.1 Å². The number of ether oxygens (including phenoxy) is 1. The van der Waals surface area contributed by atoms with Crippen LogP contribution >= 0.6 is 11.3 Å². The number of nitrogens with one attached hydrogen (secondary N) is 1. The molecular weight excluding hydrogens is 550 g/mol. The van der Waals surface area contributed by atoms with Gasteiger partial charge in [-0.25, -0.2) is 13.2 Å². The molecule has 0 spiro atoms. The van der Waals surface area contributed by atoms with Gasteiger partial charge in [-0.2, -0.15) is 4.31 Å². The molecule has 1 aliphatic carbocycles. The molecule has 0 radical (unpaired) electrons. The molecule has 1 saturated heterocycles. The van der Waals surface area contributed by atoms with E-state index in [1.54, 1.807) is 19.1 Å². The first-order chi connectivity index (χ1) is 19.2. The number of methoxy groups -OCH3 is 1. The van der Waals surface area contributed by atoms with Gasteiger partial charge in [0, 0.05) is 23.9 Å². The van der Waals surface area contributed by atoms with Gasteiger partial charge in [0.05, 0.1) is 12.7 Å². The number of sulfonamides is 1. The monoisotopic (exact) mass is 583 g/mol.